The van der Waals surface area contributed by atoms with E-state index in [-0.39, 0.29) is 5.56 Å². The van der Waals surface area contributed by atoms with E-state index in [9.17, 15) is 4.79 Å². The maximum atomic E-state index is 13.1. The molecule has 0 saturated heterocycles. The van der Waals surface area contributed by atoms with E-state index in [1.54, 1.807) is 7.11 Å². The van der Waals surface area contributed by atoms with E-state index in [1.807, 2.05) is 59.0 Å². The number of pyridine rings is 1. The van der Waals surface area contributed by atoms with E-state index in [0.717, 1.165) is 38.3 Å². The summed E-state index contributed by atoms with van der Waals surface area (Å²) in [6, 6.07) is 19.8. The van der Waals surface area contributed by atoms with Gasteiger partial charge in [0.25, 0.3) is 5.56 Å². The molecule has 0 saturated carbocycles. The maximum Gasteiger partial charge on any atom is 0.263 e. The third kappa shape index (κ3) is 1.41. The molecule has 0 amide bonds. The first-order chi connectivity index (χ1) is 11.3. The lowest BCUT2D eigenvalue weighted by atomic mass is 10.0. The van der Waals surface area contributed by atoms with Crippen LogP contribution in [-0.2, 0) is 0 Å². The van der Waals surface area contributed by atoms with Crippen LogP contribution < -0.4 is 10.3 Å². The SMILES string of the molecule is COc1ccc2c3ccccc3n3c(=O)c4ccccc4c1c23. The van der Waals surface area contributed by atoms with Crippen LogP contribution in [0.25, 0.3) is 38.0 Å². The molecule has 0 spiro atoms. The van der Waals surface area contributed by atoms with Crippen LogP contribution in [-0.4, -0.2) is 11.5 Å². The lowest BCUT2D eigenvalue weighted by Gasteiger charge is -2.10. The molecule has 5 aromatic rings. The van der Waals surface area contributed by atoms with Crippen molar-refractivity contribution in [2.45, 2.75) is 0 Å². The molecule has 110 valence electrons. The van der Waals surface area contributed by atoms with E-state index >= 15 is 0 Å². The number of aromatic nitrogens is 1. The Kier molecular flexibility index (Phi) is 2.29. The summed E-state index contributed by atoms with van der Waals surface area (Å²) in [5.74, 6) is 0.793. The Morgan fingerprint density at radius 1 is 0.783 bits per heavy atom. The predicted molar refractivity (Wildman–Crippen MR) is 93.9 cm³/mol. The smallest absolute Gasteiger partial charge is 0.263 e. The van der Waals surface area contributed by atoms with E-state index in [1.165, 1.54) is 0 Å². The number of rotatable bonds is 1. The zero-order chi connectivity index (χ0) is 15.6. The first-order valence-corrected chi connectivity index (χ1v) is 7.55. The second-order valence-corrected chi connectivity index (χ2v) is 5.74. The molecule has 2 heterocycles. The van der Waals surface area contributed by atoms with Crippen molar-refractivity contribution in [3.8, 4) is 5.75 Å². The average Bonchev–Trinajstić information content (AvgIpc) is 2.94. The summed E-state index contributed by atoms with van der Waals surface area (Å²) in [5, 5.41) is 4.82. The van der Waals surface area contributed by atoms with Crippen LogP contribution in [0.3, 0.4) is 0 Å². The number of fused-ring (bicyclic) bond motifs is 5. The van der Waals surface area contributed by atoms with Gasteiger partial charge in [0.1, 0.15) is 5.75 Å². The van der Waals surface area contributed by atoms with Crippen molar-refractivity contribution in [3.63, 3.8) is 0 Å². The van der Waals surface area contributed by atoms with Crippen LogP contribution in [0.4, 0.5) is 0 Å². The molecule has 0 aliphatic rings. The average molecular weight is 299 g/mol. The molecule has 0 fully saturated rings. The zero-order valence-electron chi connectivity index (χ0n) is 12.5. The number of hydrogen-bond acceptors (Lipinski definition) is 2. The number of methoxy groups -OCH3 is 1. The van der Waals surface area contributed by atoms with Gasteiger partial charge in [0.2, 0.25) is 0 Å². The standard InChI is InChI=1S/C20H13NO2/c1-23-17-11-10-14-12-6-4-5-9-16(12)21-19(14)18(17)13-7-2-3-8-15(13)20(21)22/h2-11H,1H3. The van der Waals surface area contributed by atoms with Crippen molar-refractivity contribution >= 4 is 38.0 Å². The number of hydrogen-bond donors (Lipinski definition) is 0. The van der Waals surface area contributed by atoms with Crippen LogP contribution in [0.1, 0.15) is 0 Å². The van der Waals surface area contributed by atoms with Crippen molar-refractivity contribution in [1.29, 1.82) is 0 Å². The van der Waals surface area contributed by atoms with Crippen molar-refractivity contribution in [2.75, 3.05) is 7.11 Å². The lowest BCUT2D eigenvalue weighted by Crippen LogP contribution is -2.13. The Hall–Kier alpha value is -3.07. The van der Waals surface area contributed by atoms with Gasteiger partial charge in [0.05, 0.1) is 18.1 Å². The van der Waals surface area contributed by atoms with Crippen LogP contribution in [0.15, 0.2) is 65.5 Å². The number of para-hydroxylation sites is 1. The Bertz CT molecular complexity index is 1270. The minimum Gasteiger partial charge on any atom is -0.496 e. The molecule has 3 heteroatoms. The molecule has 23 heavy (non-hydrogen) atoms. The summed E-state index contributed by atoms with van der Waals surface area (Å²) in [5.41, 5.74) is 1.90. The summed E-state index contributed by atoms with van der Waals surface area (Å²) >= 11 is 0. The second-order valence-electron chi connectivity index (χ2n) is 5.74. The van der Waals surface area contributed by atoms with E-state index < -0.39 is 0 Å². The monoisotopic (exact) mass is 299 g/mol. The number of benzene rings is 3. The van der Waals surface area contributed by atoms with Gasteiger partial charge in [-0.05, 0) is 24.3 Å². The fourth-order valence-electron chi connectivity index (χ4n) is 3.69. The zero-order valence-corrected chi connectivity index (χ0v) is 12.5. The molecule has 3 aromatic carbocycles. The van der Waals surface area contributed by atoms with Gasteiger partial charge in [-0.2, -0.15) is 0 Å². The Balaban J connectivity index is 2.30. The number of ether oxygens (including phenoxy) is 1. The topological polar surface area (TPSA) is 30.7 Å². The van der Waals surface area contributed by atoms with Gasteiger partial charge in [-0.1, -0.05) is 36.4 Å². The summed E-state index contributed by atoms with van der Waals surface area (Å²) < 4.78 is 7.42. The molecule has 5 rings (SSSR count). The minimum absolute atomic E-state index is 0.0209. The second kappa shape index (κ2) is 4.23. The molecule has 0 radical (unpaired) electrons. The molecule has 0 bridgehead atoms. The summed E-state index contributed by atoms with van der Waals surface area (Å²) in [6.07, 6.45) is 0. The summed E-state index contributed by atoms with van der Waals surface area (Å²) in [7, 11) is 1.67. The Labute approximate surface area is 131 Å². The van der Waals surface area contributed by atoms with Crippen molar-refractivity contribution in [1.82, 2.24) is 4.40 Å². The first-order valence-electron chi connectivity index (χ1n) is 7.55. The first kappa shape index (κ1) is 12.5. The van der Waals surface area contributed by atoms with E-state index in [0.29, 0.717) is 5.39 Å². The summed E-state index contributed by atoms with van der Waals surface area (Å²) in [6.45, 7) is 0. The molecule has 0 unspecified atom stereocenters. The lowest BCUT2D eigenvalue weighted by molar-refractivity contribution is 0.420. The highest BCUT2D eigenvalue weighted by Crippen LogP contribution is 2.38. The van der Waals surface area contributed by atoms with Gasteiger partial charge in [-0.3, -0.25) is 9.20 Å². The molecule has 2 aromatic heterocycles. The Morgan fingerprint density at radius 2 is 1.48 bits per heavy atom. The van der Waals surface area contributed by atoms with Crippen LogP contribution >= 0.6 is 0 Å². The molecule has 0 atom stereocenters. The fourth-order valence-corrected chi connectivity index (χ4v) is 3.69. The fraction of sp³-hybridized carbons (Fsp3) is 0.0500. The Morgan fingerprint density at radius 3 is 2.26 bits per heavy atom. The van der Waals surface area contributed by atoms with Crippen molar-refractivity contribution in [3.05, 3.63) is 71.0 Å². The van der Waals surface area contributed by atoms with Gasteiger partial charge < -0.3 is 4.74 Å². The number of nitrogens with zero attached hydrogens (tertiary/aromatic N) is 1. The van der Waals surface area contributed by atoms with Gasteiger partial charge in [0.15, 0.2) is 0 Å². The van der Waals surface area contributed by atoms with Crippen molar-refractivity contribution in [2.24, 2.45) is 0 Å². The van der Waals surface area contributed by atoms with Crippen molar-refractivity contribution < 1.29 is 4.74 Å². The molecule has 3 nitrogen and oxygen atoms in total. The highest BCUT2D eigenvalue weighted by molar-refractivity contribution is 6.21. The molecule has 0 aliphatic heterocycles. The van der Waals surface area contributed by atoms with E-state index in [2.05, 4.69) is 6.07 Å². The quantitative estimate of drug-likeness (QED) is 0.434. The van der Waals surface area contributed by atoms with Gasteiger partial charge in [-0.15, -0.1) is 0 Å². The van der Waals surface area contributed by atoms with Gasteiger partial charge >= 0.3 is 0 Å². The molecular formula is C20H13NO2. The van der Waals surface area contributed by atoms with E-state index in [4.69, 9.17) is 4.74 Å². The third-order valence-electron chi connectivity index (χ3n) is 4.65. The molecular weight excluding hydrogens is 286 g/mol. The normalized spacial score (nSPS) is 11.9. The van der Waals surface area contributed by atoms with Crippen LogP contribution in [0.5, 0.6) is 5.75 Å². The van der Waals surface area contributed by atoms with Crippen LogP contribution in [0, 0.1) is 0 Å². The maximum absolute atomic E-state index is 13.1. The van der Waals surface area contributed by atoms with Gasteiger partial charge in [0, 0.05) is 26.9 Å². The summed E-state index contributed by atoms with van der Waals surface area (Å²) in [4.78, 5) is 13.1. The largest absolute Gasteiger partial charge is 0.496 e. The van der Waals surface area contributed by atoms with Crippen LogP contribution in [0.2, 0.25) is 0 Å². The molecule has 0 N–H and O–H groups in total. The third-order valence-corrected chi connectivity index (χ3v) is 4.65. The minimum atomic E-state index is 0.0209. The predicted octanol–water partition coefficient (Wildman–Crippen LogP) is 4.21. The highest BCUT2D eigenvalue weighted by Gasteiger charge is 2.19. The highest BCUT2D eigenvalue weighted by atomic mass is 16.5. The molecule has 0 aliphatic carbocycles. The van der Waals surface area contributed by atoms with Gasteiger partial charge in [-0.25, -0.2) is 0 Å².